The highest BCUT2D eigenvalue weighted by Crippen LogP contribution is 2.46. The van der Waals surface area contributed by atoms with E-state index in [1.54, 1.807) is 12.4 Å². The van der Waals surface area contributed by atoms with Crippen molar-refractivity contribution in [2.24, 2.45) is 0 Å². The van der Waals surface area contributed by atoms with Crippen LogP contribution in [-0.4, -0.2) is 79.5 Å². The molecule has 42 heavy (non-hydrogen) atoms. The third-order valence-corrected chi connectivity index (χ3v) is 9.96. The van der Waals surface area contributed by atoms with Gasteiger partial charge in [0.2, 0.25) is 6.10 Å². The van der Waals surface area contributed by atoms with Gasteiger partial charge in [-0.2, -0.15) is 22.8 Å². The van der Waals surface area contributed by atoms with Crippen LogP contribution in [0.2, 0.25) is 0 Å². The van der Waals surface area contributed by atoms with E-state index in [2.05, 4.69) is 15.1 Å². The molecule has 2 fully saturated rings. The van der Waals surface area contributed by atoms with E-state index in [9.17, 15) is 31.5 Å². The van der Waals surface area contributed by atoms with Crippen LogP contribution in [0.5, 0.6) is 0 Å². The number of aliphatic hydroxyl groups excluding tert-OH is 1. The number of aliphatic hydroxyl groups is 1. The zero-order valence-corrected chi connectivity index (χ0v) is 24.0. The Labute approximate surface area is 242 Å². The lowest BCUT2D eigenvalue weighted by atomic mass is 9.87. The Hall–Kier alpha value is -3.63. The molecule has 0 saturated carbocycles. The quantitative estimate of drug-likeness (QED) is 0.341. The average Bonchev–Trinajstić information content (AvgIpc) is 3.62. The number of piperidine rings is 1. The molecule has 222 valence electrons. The highest BCUT2D eigenvalue weighted by molar-refractivity contribution is 7.91. The second-order valence-electron chi connectivity index (χ2n) is 10.7. The molecule has 0 radical (unpaired) electrons. The number of nitrogens with two attached hydrogens (primary N) is 1. The number of rotatable bonds is 5. The number of hydrogen-bond acceptors (Lipinski definition) is 10. The molecule has 11 nitrogen and oxygen atoms in total. The summed E-state index contributed by atoms with van der Waals surface area (Å²) in [4.78, 5) is 28.2. The Bertz CT molecular complexity index is 1790. The number of nitrogen functional groups attached to an aromatic ring is 1. The van der Waals surface area contributed by atoms with Crippen LogP contribution in [0.4, 0.5) is 19.0 Å². The smallest absolute Gasteiger partial charge is 0.382 e. The highest BCUT2D eigenvalue weighted by Gasteiger charge is 2.52. The maximum absolute atomic E-state index is 13.1. The van der Waals surface area contributed by atoms with Crippen molar-refractivity contribution in [1.82, 2.24) is 29.5 Å². The van der Waals surface area contributed by atoms with E-state index >= 15 is 0 Å². The van der Waals surface area contributed by atoms with Crippen molar-refractivity contribution >= 4 is 38.5 Å². The van der Waals surface area contributed by atoms with Crippen LogP contribution in [0.1, 0.15) is 42.2 Å². The van der Waals surface area contributed by atoms with Gasteiger partial charge in [0.25, 0.3) is 5.91 Å². The summed E-state index contributed by atoms with van der Waals surface area (Å²) in [6.07, 6.45) is -1.06. The Kier molecular flexibility index (Phi) is 6.77. The minimum atomic E-state index is -5.08. The van der Waals surface area contributed by atoms with Gasteiger partial charge in [0.15, 0.2) is 15.5 Å². The van der Waals surface area contributed by atoms with Crippen molar-refractivity contribution < 1.29 is 31.5 Å². The maximum Gasteiger partial charge on any atom is 0.423 e. The third-order valence-electron chi connectivity index (χ3n) is 7.87. The van der Waals surface area contributed by atoms with Crippen LogP contribution in [0.15, 0.2) is 35.6 Å². The number of nitrogens with zero attached hydrogens (tertiary/aromatic N) is 6. The van der Waals surface area contributed by atoms with Crippen LogP contribution in [0.3, 0.4) is 0 Å². The van der Waals surface area contributed by atoms with Crippen molar-refractivity contribution in [3.63, 3.8) is 0 Å². The molecular formula is C26H26F3N7O4S2. The number of fused-ring (bicyclic) bond motifs is 3. The largest absolute Gasteiger partial charge is 0.423 e. The van der Waals surface area contributed by atoms with Gasteiger partial charge in [-0.05, 0) is 38.7 Å². The Morgan fingerprint density at radius 1 is 1.14 bits per heavy atom. The molecule has 16 heteroatoms. The van der Waals surface area contributed by atoms with E-state index in [1.807, 2.05) is 19.1 Å². The minimum absolute atomic E-state index is 0.134. The molecule has 4 aromatic rings. The van der Waals surface area contributed by atoms with Crippen LogP contribution in [0.25, 0.3) is 27.5 Å². The van der Waals surface area contributed by atoms with Gasteiger partial charge < -0.3 is 15.7 Å². The number of carbonyl (C=O) groups is 1. The van der Waals surface area contributed by atoms with E-state index in [4.69, 9.17) is 10.7 Å². The number of anilines is 1. The lowest BCUT2D eigenvalue weighted by Crippen LogP contribution is -2.53. The third kappa shape index (κ3) is 4.80. The van der Waals surface area contributed by atoms with Gasteiger partial charge in [-0.1, -0.05) is 6.07 Å². The zero-order valence-electron chi connectivity index (χ0n) is 22.4. The molecule has 0 aliphatic carbocycles. The van der Waals surface area contributed by atoms with E-state index in [0.717, 1.165) is 21.0 Å². The Morgan fingerprint density at radius 3 is 2.38 bits per heavy atom. The number of hydrogen-bond donors (Lipinski definition) is 2. The fraction of sp³-hybridized carbons (Fsp3) is 0.423. The summed E-state index contributed by atoms with van der Waals surface area (Å²) in [5, 5.41) is 14.7. The molecule has 2 bridgehead atoms. The first-order valence-corrected chi connectivity index (χ1v) is 15.8. The fourth-order valence-corrected chi connectivity index (χ4v) is 7.87. The second kappa shape index (κ2) is 9.98. The number of pyridine rings is 1. The number of halogens is 3. The molecule has 1 unspecified atom stereocenters. The summed E-state index contributed by atoms with van der Waals surface area (Å²) in [6, 6.07) is 2.42. The van der Waals surface area contributed by atoms with E-state index in [0.29, 0.717) is 35.3 Å². The normalized spacial score (nSPS) is 21.7. The maximum atomic E-state index is 13.1. The predicted octanol–water partition coefficient (Wildman–Crippen LogP) is 3.37. The molecule has 0 aromatic carbocycles. The van der Waals surface area contributed by atoms with E-state index < -0.39 is 46.0 Å². The summed E-state index contributed by atoms with van der Waals surface area (Å²) < 4.78 is 66.5. The van der Waals surface area contributed by atoms with Gasteiger partial charge in [0.1, 0.15) is 15.7 Å². The first kappa shape index (κ1) is 28.5. The number of alkyl halides is 3. The van der Waals surface area contributed by atoms with Crippen molar-refractivity contribution in [2.45, 2.75) is 67.8 Å². The SMILES string of the molecule is Cc1cnc(-c2ccc(-c3cnn4c(N)c(S(C)(=O)=O)c([C@H]5C[C@H]6CC[C@@H](C5)N6C(=O)C(O)C(F)(F)F)nc34)cn2)s1. The van der Waals surface area contributed by atoms with Crippen molar-refractivity contribution in [3.05, 3.63) is 41.3 Å². The van der Waals surface area contributed by atoms with Gasteiger partial charge in [-0.15, -0.1) is 11.3 Å². The first-order valence-electron chi connectivity index (χ1n) is 13.1. The predicted molar refractivity (Wildman–Crippen MR) is 147 cm³/mol. The summed E-state index contributed by atoms with van der Waals surface area (Å²) in [5.74, 6) is -2.03. The van der Waals surface area contributed by atoms with Crippen molar-refractivity contribution in [2.75, 3.05) is 12.0 Å². The number of aryl methyl sites for hydroxylation is 1. The van der Waals surface area contributed by atoms with Crippen LogP contribution in [-0.2, 0) is 14.6 Å². The number of carbonyl (C=O) groups excluding carboxylic acids is 1. The van der Waals surface area contributed by atoms with Gasteiger partial charge in [-0.25, -0.2) is 18.4 Å². The molecule has 1 amide bonds. The Balaban J connectivity index is 1.39. The monoisotopic (exact) mass is 621 g/mol. The van der Waals surface area contributed by atoms with Gasteiger partial charge in [0, 0.05) is 52.7 Å². The van der Waals surface area contributed by atoms with Crippen molar-refractivity contribution in [1.29, 1.82) is 0 Å². The summed E-state index contributed by atoms with van der Waals surface area (Å²) in [7, 11) is -3.91. The average molecular weight is 622 g/mol. The van der Waals surface area contributed by atoms with Crippen LogP contribution in [0, 0.1) is 6.92 Å². The van der Waals surface area contributed by atoms with Crippen LogP contribution < -0.4 is 5.73 Å². The molecule has 6 rings (SSSR count). The number of sulfone groups is 1. The standard InChI is InChI=1S/C26H26F3N7O4S2/c1-12-9-32-24(41-12)18-6-3-13(10-31-18)17-11-33-36-22(30)20(42(2,39)40)19(34-23(17)36)14-7-15-4-5-16(8-14)35(15)25(38)21(37)26(27,28)29/h3,6,9-11,14-16,21,37H,4-5,7-8,30H2,1-2H3/t14-,15+,16-,21?. The van der Waals surface area contributed by atoms with E-state index in [1.165, 1.54) is 22.0 Å². The molecule has 4 atom stereocenters. The second-order valence-corrected chi connectivity index (χ2v) is 13.9. The first-order chi connectivity index (χ1) is 19.7. The molecule has 4 aromatic heterocycles. The lowest BCUT2D eigenvalue weighted by molar-refractivity contribution is -0.212. The molecule has 3 N–H and O–H groups in total. The number of thiazole rings is 1. The molecule has 2 saturated heterocycles. The zero-order chi connectivity index (χ0) is 30.1. The van der Waals surface area contributed by atoms with Gasteiger partial charge in [0.05, 0.1) is 17.6 Å². The summed E-state index contributed by atoms with van der Waals surface area (Å²) in [6.45, 7) is 1.95. The fourth-order valence-electron chi connectivity index (χ4n) is 6.07. The van der Waals surface area contributed by atoms with Crippen molar-refractivity contribution in [3.8, 4) is 21.8 Å². The topological polar surface area (TPSA) is 157 Å². The highest BCUT2D eigenvalue weighted by atomic mass is 32.2. The lowest BCUT2D eigenvalue weighted by Gasteiger charge is -2.40. The van der Waals surface area contributed by atoms with Gasteiger partial charge in [-0.3, -0.25) is 9.78 Å². The minimum Gasteiger partial charge on any atom is -0.382 e. The number of amides is 1. The van der Waals surface area contributed by atoms with Gasteiger partial charge >= 0.3 is 6.18 Å². The molecule has 2 aliphatic rings. The van der Waals surface area contributed by atoms with Crippen LogP contribution >= 0.6 is 11.3 Å². The number of aromatic nitrogens is 5. The molecule has 0 spiro atoms. The molecule has 2 aliphatic heterocycles. The molecular weight excluding hydrogens is 595 g/mol. The summed E-state index contributed by atoms with van der Waals surface area (Å²) >= 11 is 1.51. The Morgan fingerprint density at radius 2 is 1.83 bits per heavy atom. The molecule has 6 heterocycles. The van der Waals surface area contributed by atoms with E-state index in [-0.39, 0.29) is 29.2 Å². The summed E-state index contributed by atoms with van der Waals surface area (Å²) in [5.41, 5.74) is 8.78.